The fraction of sp³-hybridized carbons (Fsp3) is 0.571. The lowest BCUT2D eigenvalue weighted by molar-refractivity contribution is 0.0256. The zero-order chi connectivity index (χ0) is 12.5. The van der Waals surface area contributed by atoms with Gasteiger partial charge in [-0.2, -0.15) is 0 Å². The summed E-state index contributed by atoms with van der Waals surface area (Å²) in [6.07, 6.45) is 4.17. The van der Waals surface area contributed by atoms with Gasteiger partial charge in [-0.05, 0) is 52.9 Å². The molecule has 0 radical (unpaired) electrons. The van der Waals surface area contributed by atoms with Gasteiger partial charge in [0.05, 0.1) is 24.4 Å². The summed E-state index contributed by atoms with van der Waals surface area (Å²) in [5.41, 5.74) is 8.13. The van der Waals surface area contributed by atoms with Crippen molar-refractivity contribution in [3.8, 4) is 0 Å². The number of nitrogens with two attached hydrogens (primary N) is 1. The van der Waals surface area contributed by atoms with Crippen molar-refractivity contribution in [3.63, 3.8) is 0 Å². The van der Waals surface area contributed by atoms with Crippen LogP contribution in [0.2, 0.25) is 0 Å². The molecule has 3 rings (SSSR count). The highest BCUT2D eigenvalue weighted by Crippen LogP contribution is 2.36. The van der Waals surface area contributed by atoms with E-state index in [1.54, 1.807) is 0 Å². The Morgan fingerprint density at radius 2 is 2.28 bits per heavy atom. The van der Waals surface area contributed by atoms with E-state index in [0.29, 0.717) is 18.7 Å². The summed E-state index contributed by atoms with van der Waals surface area (Å²) < 4.78 is 7.01. The van der Waals surface area contributed by atoms with Crippen LogP contribution in [0.5, 0.6) is 0 Å². The van der Waals surface area contributed by atoms with Crippen LogP contribution in [0.15, 0.2) is 22.7 Å². The first-order valence-corrected chi connectivity index (χ1v) is 7.45. The predicted molar refractivity (Wildman–Crippen MR) is 76.8 cm³/mol. The van der Waals surface area contributed by atoms with E-state index >= 15 is 0 Å². The second-order valence-corrected chi connectivity index (χ2v) is 5.95. The zero-order valence-electron chi connectivity index (χ0n) is 10.4. The molecule has 18 heavy (non-hydrogen) atoms. The second kappa shape index (κ2) is 5.19. The summed E-state index contributed by atoms with van der Waals surface area (Å²) in [4.78, 5) is 2.51. The molecule has 1 heterocycles. The van der Waals surface area contributed by atoms with E-state index in [-0.39, 0.29) is 0 Å². The molecule has 1 saturated carbocycles. The van der Waals surface area contributed by atoms with Gasteiger partial charge in [0, 0.05) is 17.6 Å². The largest absolute Gasteiger partial charge is 0.374 e. The maximum atomic E-state index is 5.86. The third-order valence-corrected chi connectivity index (χ3v) is 4.67. The van der Waals surface area contributed by atoms with Crippen molar-refractivity contribution < 1.29 is 4.74 Å². The van der Waals surface area contributed by atoms with E-state index in [0.717, 1.165) is 17.6 Å². The van der Waals surface area contributed by atoms with Crippen molar-refractivity contribution in [1.29, 1.82) is 0 Å². The summed E-state index contributed by atoms with van der Waals surface area (Å²) in [5.74, 6) is 0. The third-order valence-electron chi connectivity index (χ3n) is 4.04. The number of fused-ring (bicyclic) bond motifs is 1. The van der Waals surface area contributed by atoms with Crippen LogP contribution >= 0.6 is 15.9 Å². The standard InChI is InChI=1S/C14H19BrN2O/c15-11-8-10(9-16)4-5-12(11)17-6-7-18-14-3-1-2-13(14)17/h4-5,8,13-14H,1-3,6-7,9,16H2. The van der Waals surface area contributed by atoms with Crippen molar-refractivity contribution in [1.82, 2.24) is 0 Å². The Hall–Kier alpha value is -0.580. The number of hydrogen-bond acceptors (Lipinski definition) is 3. The average molecular weight is 311 g/mol. The quantitative estimate of drug-likeness (QED) is 0.912. The zero-order valence-corrected chi connectivity index (χ0v) is 12.0. The minimum absolute atomic E-state index is 0.430. The summed E-state index contributed by atoms with van der Waals surface area (Å²) in [7, 11) is 0. The van der Waals surface area contributed by atoms with E-state index < -0.39 is 0 Å². The van der Waals surface area contributed by atoms with Crippen molar-refractivity contribution >= 4 is 21.6 Å². The normalized spacial score (nSPS) is 27.3. The molecule has 1 aromatic rings. The van der Waals surface area contributed by atoms with Crippen LogP contribution in [0.4, 0.5) is 5.69 Å². The Balaban J connectivity index is 1.89. The highest BCUT2D eigenvalue weighted by molar-refractivity contribution is 9.10. The molecule has 0 amide bonds. The Morgan fingerprint density at radius 3 is 3.06 bits per heavy atom. The van der Waals surface area contributed by atoms with E-state index in [1.807, 2.05) is 0 Å². The van der Waals surface area contributed by atoms with Crippen molar-refractivity contribution in [3.05, 3.63) is 28.2 Å². The molecule has 0 aromatic heterocycles. The first kappa shape index (κ1) is 12.5. The molecule has 1 aliphatic carbocycles. The van der Waals surface area contributed by atoms with Gasteiger partial charge >= 0.3 is 0 Å². The van der Waals surface area contributed by atoms with Crippen molar-refractivity contribution in [2.75, 3.05) is 18.1 Å². The van der Waals surface area contributed by atoms with Crippen LogP contribution in [0.25, 0.3) is 0 Å². The number of hydrogen-bond donors (Lipinski definition) is 1. The maximum Gasteiger partial charge on any atom is 0.0779 e. The molecule has 1 saturated heterocycles. The Kier molecular flexibility index (Phi) is 3.59. The number of nitrogens with zero attached hydrogens (tertiary/aromatic N) is 1. The summed E-state index contributed by atoms with van der Waals surface area (Å²) in [6, 6.07) is 7.00. The number of rotatable bonds is 2. The molecule has 4 heteroatoms. The molecule has 2 N–H and O–H groups in total. The van der Waals surface area contributed by atoms with Crippen LogP contribution in [0, 0.1) is 0 Å². The molecular weight excluding hydrogens is 292 g/mol. The predicted octanol–water partition coefficient (Wildman–Crippen LogP) is 2.67. The van der Waals surface area contributed by atoms with Crippen molar-refractivity contribution in [2.45, 2.75) is 38.0 Å². The maximum absolute atomic E-state index is 5.86. The van der Waals surface area contributed by atoms with Crippen LogP contribution in [0.1, 0.15) is 24.8 Å². The molecule has 3 nitrogen and oxygen atoms in total. The van der Waals surface area contributed by atoms with Crippen LogP contribution in [-0.2, 0) is 11.3 Å². The van der Waals surface area contributed by atoms with Gasteiger partial charge in [0.1, 0.15) is 0 Å². The molecular formula is C14H19BrN2O. The van der Waals surface area contributed by atoms with Crippen LogP contribution < -0.4 is 10.6 Å². The van der Waals surface area contributed by atoms with Gasteiger partial charge in [0.25, 0.3) is 0 Å². The lowest BCUT2D eigenvalue weighted by Gasteiger charge is -2.39. The van der Waals surface area contributed by atoms with Crippen LogP contribution in [-0.4, -0.2) is 25.3 Å². The third kappa shape index (κ3) is 2.17. The molecule has 0 spiro atoms. The number of anilines is 1. The number of morpholine rings is 1. The van der Waals surface area contributed by atoms with Gasteiger partial charge in [0.2, 0.25) is 0 Å². The monoisotopic (exact) mass is 310 g/mol. The van der Waals surface area contributed by atoms with Gasteiger partial charge in [-0.15, -0.1) is 0 Å². The summed E-state index contributed by atoms with van der Waals surface area (Å²) in [5, 5.41) is 0. The second-order valence-electron chi connectivity index (χ2n) is 5.09. The first-order chi connectivity index (χ1) is 8.79. The van der Waals surface area contributed by atoms with E-state index in [1.165, 1.54) is 30.5 Å². The lowest BCUT2D eigenvalue weighted by Crippen LogP contribution is -2.48. The summed E-state index contributed by atoms with van der Waals surface area (Å²) in [6.45, 7) is 2.42. The molecule has 2 aliphatic rings. The smallest absolute Gasteiger partial charge is 0.0779 e. The molecule has 1 aliphatic heterocycles. The topological polar surface area (TPSA) is 38.5 Å². The number of benzene rings is 1. The molecule has 2 unspecified atom stereocenters. The molecule has 1 aromatic carbocycles. The molecule has 0 bridgehead atoms. The minimum atomic E-state index is 0.430. The van der Waals surface area contributed by atoms with Gasteiger partial charge in [-0.25, -0.2) is 0 Å². The summed E-state index contributed by atoms with van der Waals surface area (Å²) >= 11 is 3.68. The lowest BCUT2D eigenvalue weighted by atomic mass is 10.1. The Labute approximate surface area is 116 Å². The highest BCUT2D eigenvalue weighted by Gasteiger charge is 2.36. The number of halogens is 1. The van der Waals surface area contributed by atoms with Gasteiger partial charge in [-0.3, -0.25) is 0 Å². The van der Waals surface area contributed by atoms with Gasteiger partial charge in [-0.1, -0.05) is 6.07 Å². The SMILES string of the molecule is NCc1ccc(N2CCOC3CCCC32)c(Br)c1. The van der Waals surface area contributed by atoms with Crippen molar-refractivity contribution in [2.24, 2.45) is 5.73 Å². The van der Waals surface area contributed by atoms with E-state index in [4.69, 9.17) is 10.5 Å². The number of ether oxygens (including phenoxy) is 1. The minimum Gasteiger partial charge on any atom is -0.374 e. The van der Waals surface area contributed by atoms with Gasteiger partial charge in [0.15, 0.2) is 0 Å². The Morgan fingerprint density at radius 1 is 1.39 bits per heavy atom. The fourth-order valence-corrected chi connectivity index (χ4v) is 3.79. The average Bonchev–Trinajstić information content (AvgIpc) is 2.87. The van der Waals surface area contributed by atoms with E-state index in [2.05, 4.69) is 39.0 Å². The Bertz CT molecular complexity index is 438. The molecule has 2 atom stereocenters. The van der Waals surface area contributed by atoms with Gasteiger partial charge < -0.3 is 15.4 Å². The highest BCUT2D eigenvalue weighted by atomic mass is 79.9. The van der Waals surface area contributed by atoms with E-state index in [9.17, 15) is 0 Å². The molecule has 2 fully saturated rings. The molecule has 98 valence electrons. The van der Waals surface area contributed by atoms with Crippen LogP contribution in [0.3, 0.4) is 0 Å². The first-order valence-electron chi connectivity index (χ1n) is 6.66. The fourth-order valence-electron chi connectivity index (χ4n) is 3.14.